The maximum atomic E-state index is 13.8. The topological polar surface area (TPSA) is 88.0 Å². The second-order valence-electron chi connectivity index (χ2n) is 9.61. The molecule has 2 heterocycles. The predicted molar refractivity (Wildman–Crippen MR) is 138 cm³/mol. The van der Waals surface area contributed by atoms with E-state index in [1.54, 1.807) is 18.3 Å². The van der Waals surface area contributed by atoms with E-state index in [4.69, 9.17) is 11.6 Å². The van der Waals surface area contributed by atoms with Gasteiger partial charge in [0.15, 0.2) is 0 Å². The molecule has 0 bridgehead atoms. The Bertz CT molecular complexity index is 1380. The summed E-state index contributed by atoms with van der Waals surface area (Å²) in [4.78, 5) is 4.45. The zero-order valence-corrected chi connectivity index (χ0v) is 20.0. The molecule has 2 aliphatic carbocycles. The van der Waals surface area contributed by atoms with Gasteiger partial charge in [0, 0.05) is 35.6 Å². The van der Waals surface area contributed by atoms with E-state index in [2.05, 4.69) is 43.9 Å². The zero-order chi connectivity index (χ0) is 24.2. The van der Waals surface area contributed by atoms with Gasteiger partial charge in [-0.3, -0.25) is 9.99 Å². The van der Waals surface area contributed by atoms with Gasteiger partial charge in [0.25, 0.3) is 0 Å². The average molecular weight is 488 g/mol. The van der Waals surface area contributed by atoms with Crippen LogP contribution in [-0.2, 0) is 5.44 Å². The summed E-state index contributed by atoms with van der Waals surface area (Å²) in [7, 11) is 2.04. The first-order valence-corrected chi connectivity index (χ1v) is 12.2. The molecular formula is C25H24BClFN7. The van der Waals surface area contributed by atoms with Gasteiger partial charge in [-0.2, -0.15) is 5.26 Å². The van der Waals surface area contributed by atoms with Crippen molar-refractivity contribution in [2.75, 3.05) is 10.6 Å². The fourth-order valence-electron chi connectivity index (χ4n) is 4.50. The Morgan fingerprint density at radius 3 is 2.66 bits per heavy atom. The molecule has 3 aliphatic rings. The maximum Gasteiger partial charge on any atom is 0.148 e. The van der Waals surface area contributed by atoms with Crippen molar-refractivity contribution in [3.63, 3.8) is 0 Å². The Balaban J connectivity index is 1.45. The minimum atomic E-state index is -0.730. The molecule has 176 valence electrons. The number of rotatable bonds is 7. The third kappa shape index (κ3) is 4.13. The van der Waals surface area contributed by atoms with Crippen LogP contribution in [0.4, 0.5) is 15.8 Å². The van der Waals surface area contributed by atoms with Gasteiger partial charge in [-0.15, -0.1) is 5.53 Å². The number of hydrazine groups is 2. The van der Waals surface area contributed by atoms with Gasteiger partial charge in [-0.25, -0.2) is 4.39 Å². The molecule has 3 aromatic rings. The Labute approximate surface area is 208 Å². The van der Waals surface area contributed by atoms with Crippen molar-refractivity contribution in [3.8, 4) is 6.07 Å². The lowest BCUT2D eigenvalue weighted by Crippen LogP contribution is -2.45. The summed E-state index contributed by atoms with van der Waals surface area (Å²) in [6.07, 6.45) is 8.07. The average Bonchev–Trinajstić information content (AvgIpc) is 3.79. The molecule has 2 saturated carbocycles. The highest BCUT2D eigenvalue weighted by Crippen LogP contribution is 2.39. The second-order valence-corrected chi connectivity index (χ2v) is 10.0. The predicted octanol–water partition coefficient (Wildman–Crippen LogP) is 3.70. The van der Waals surface area contributed by atoms with Gasteiger partial charge in [-0.05, 0) is 55.5 Å². The van der Waals surface area contributed by atoms with E-state index in [9.17, 15) is 9.65 Å². The van der Waals surface area contributed by atoms with Crippen LogP contribution in [0.5, 0.6) is 0 Å². The van der Waals surface area contributed by atoms with E-state index in [0.717, 1.165) is 53.7 Å². The van der Waals surface area contributed by atoms with Gasteiger partial charge in [0.2, 0.25) is 0 Å². The molecule has 2 fully saturated rings. The standard InChI is InChI=1S/C25H24BClFN7/c26-25(15-1-3-16(28)4-2-15,22-13-35(34-33-22)19-7-8-19)32-18-9-20-23(31-17-5-6-17)14(11-29)12-30-24(20)21(27)10-18/h1-4,9-10,12-13,17,19,32-34H,5-8,26H2,(H,30,31). The molecular weight excluding hydrogens is 464 g/mol. The number of nitriles is 1. The van der Waals surface area contributed by atoms with Crippen LogP contribution in [0.1, 0.15) is 36.8 Å². The highest BCUT2D eigenvalue weighted by molar-refractivity contribution is 6.36. The number of hydrogen-bond donors (Lipinski definition) is 4. The second kappa shape index (κ2) is 8.33. The van der Waals surface area contributed by atoms with Gasteiger partial charge in [0.1, 0.15) is 19.7 Å². The van der Waals surface area contributed by atoms with Crippen molar-refractivity contribution in [1.29, 1.82) is 5.26 Å². The van der Waals surface area contributed by atoms with Crippen LogP contribution in [0.3, 0.4) is 0 Å². The van der Waals surface area contributed by atoms with Crippen molar-refractivity contribution in [2.24, 2.45) is 0 Å². The van der Waals surface area contributed by atoms with Gasteiger partial charge >= 0.3 is 0 Å². The lowest BCUT2D eigenvalue weighted by molar-refractivity contribution is 0.260. The number of fused-ring (bicyclic) bond motifs is 1. The molecule has 10 heteroatoms. The molecule has 6 rings (SSSR count). The van der Waals surface area contributed by atoms with E-state index >= 15 is 0 Å². The first-order chi connectivity index (χ1) is 16.9. The van der Waals surface area contributed by atoms with Crippen molar-refractivity contribution in [2.45, 2.75) is 43.2 Å². The largest absolute Gasteiger partial charge is 0.381 e. The fraction of sp³-hybridized carbons (Fsp3) is 0.280. The molecule has 0 saturated heterocycles. The van der Waals surface area contributed by atoms with E-state index < -0.39 is 5.44 Å². The summed E-state index contributed by atoms with van der Waals surface area (Å²) in [6.45, 7) is 0. The first-order valence-electron chi connectivity index (χ1n) is 11.8. The van der Waals surface area contributed by atoms with Gasteiger partial charge in [-0.1, -0.05) is 23.7 Å². The van der Waals surface area contributed by atoms with Crippen LogP contribution in [0.15, 0.2) is 54.5 Å². The summed E-state index contributed by atoms with van der Waals surface area (Å²) in [5.41, 5.74) is 10.2. The molecule has 7 nitrogen and oxygen atoms in total. The molecule has 1 aromatic heterocycles. The first kappa shape index (κ1) is 22.0. The summed E-state index contributed by atoms with van der Waals surface area (Å²) in [5, 5.41) is 20.2. The highest BCUT2D eigenvalue weighted by Gasteiger charge is 2.38. The Kier molecular flexibility index (Phi) is 5.24. The zero-order valence-electron chi connectivity index (χ0n) is 19.2. The van der Waals surface area contributed by atoms with E-state index in [1.165, 1.54) is 12.1 Å². The molecule has 0 amide bonds. The number of halogens is 2. The third-order valence-corrected chi connectivity index (χ3v) is 7.14. The normalized spacial score (nSPS) is 19.0. The summed E-state index contributed by atoms with van der Waals surface area (Å²) in [5.74, 6) is -0.290. The number of nitrogens with one attached hydrogen (secondary N) is 4. The van der Waals surface area contributed by atoms with Crippen molar-refractivity contribution in [3.05, 3.63) is 76.5 Å². The van der Waals surface area contributed by atoms with E-state index in [0.29, 0.717) is 28.2 Å². The lowest BCUT2D eigenvalue weighted by Gasteiger charge is -2.34. The minimum absolute atomic E-state index is 0.290. The van der Waals surface area contributed by atoms with E-state index in [1.807, 2.05) is 20.0 Å². The summed E-state index contributed by atoms with van der Waals surface area (Å²) < 4.78 is 13.8. The van der Waals surface area contributed by atoms with Crippen LogP contribution in [0.25, 0.3) is 10.9 Å². The highest BCUT2D eigenvalue weighted by atomic mass is 35.5. The smallest absolute Gasteiger partial charge is 0.148 e. The SMILES string of the molecule is BC(Nc1cc(Cl)c2ncc(C#N)c(NC3CC3)c2c1)(C1=CN(C2CC2)NN1)c1ccc(F)cc1. The lowest BCUT2D eigenvalue weighted by atomic mass is 9.69. The van der Waals surface area contributed by atoms with Crippen LogP contribution in [-0.4, -0.2) is 29.9 Å². The molecule has 0 radical (unpaired) electrons. The van der Waals surface area contributed by atoms with Crippen LogP contribution in [0.2, 0.25) is 5.02 Å². The summed E-state index contributed by atoms with van der Waals surface area (Å²) >= 11 is 6.70. The molecule has 0 spiro atoms. The number of hydrogen-bond acceptors (Lipinski definition) is 7. The summed E-state index contributed by atoms with van der Waals surface area (Å²) in [6, 6.07) is 13.4. The van der Waals surface area contributed by atoms with Crippen molar-refractivity contribution < 1.29 is 4.39 Å². The van der Waals surface area contributed by atoms with Crippen molar-refractivity contribution >= 4 is 41.7 Å². The third-order valence-electron chi connectivity index (χ3n) is 6.85. The van der Waals surface area contributed by atoms with Crippen LogP contribution in [0, 0.1) is 17.1 Å². The Morgan fingerprint density at radius 2 is 1.97 bits per heavy atom. The number of anilines is 2. The minimum Gasteiger partial charge on any atom is -0.381 e. The maximum absolute atomic E-state index is 13.8. The number of nitrogens with zero attached hydrogens (tertiary/aromatic N) is 3. The van der Waals surface area contributed by atoms with Crippen molar-refractivity contribution in [1.82, 2.24) is 21.0 Å². The number of aromatic nitrogens is 1. The Hall–Kier alpha value is -3.48. The van der Waals surface area contributed by atoms with Gasteiger partial charge < -0.3 is 16.1 Å². The van der Waals surface area contributed by atoms with Gasteiger partial charge in [0.05, 0.1) is 32.9 Å². The van der Waals surface area contributed by atoms with E-state index in [-0.39, 0.29) is 5.82 Å². The molecule has 1 aliphatic heterocycles. The quantitative estimate of drug-likeness (QED) is 0.378. The molecule has 35 heavy (non-hydrogen) atoms. The number of pyridine rings is 1. The van der Waals surface area contributed by atoms with Crippen LogP contribution >= 0.6 is 11.6 Å². The number of benzene rings is 2. The molecule has 1 unspecified atom stereocenters. The van der Waals surface area contributed by atoms with Crippen LogP contribution < -0.4 is 21.6 Å². The Morgan fingerprint density at radius 1 is 1.20 bits per heavy atom. The molecule has 1 atom stereocenters. The monoisotopic (exact) mass is 487 g/mol. The molecule has 2 aromatic carbocycles. The molecule has 4 N–H and O–H groups in total. The fourth-order valence-corrected chi connectivity index (χ4v) is 4.77.